The van der Waals surface area contributed by atoms with Crippen molar-refractivity contribution in [3.05, 3.63) is 52.5 Å². The van der Waals surface area contributed by atoms with E-state index in [4.69, 9.17) is 17.0 Å². The zero-order chi connectivity index (χ0) is 15.4. The molecule has 1 fully saturated rings. The molecule has 6 heteroatoms. The fourth-order valence-corrected chi connectivity index (χ4v) is 4.00. The minimum absolute atomic E-state index is 0.0925. The maximum absolute atomic E-state index is 5.57. The van der Waals surface area contributed by atoms with Crippen molar-refractivity contribution in [1.29, 1.82) is 0 Å². The first kappa shape index (κ1) is 15.4. The molecule has 0 amide bonds. The number of nitrogens with one attached hydrogen (secondary N) is 1. The second kappa shape index (κ2) is 7.17. The first-order valence-corrected chi connectivity index (χ1v) is 8.60. The van der Waals surface area contributed by atoms with Gasteiger partial charge in [0.15, 0.2) is 5.11 Å². The van der Waals surface area contributed by atoms with Gasteiger partial charge in [-0.25, -0.2) is 0 Å². The van der Waals surface area contributed by atoms with Gasteiger partial charge in [-0.15, -0.1) is 11.3 Å². The Morgan fingerprint density at radius 1 is 1.36 bits per heavy atom. The van der Waals surface area contributed by atoms with Crippen LogP contribution < -0.4 is 5.32 Å². The molecule has 116 valence electrons. The molecule has 3 rings (SSSR count). The first-order valence-electron chi connectivity index (χ1n) is 7.31. The average Bonchev–Trinajstić information content (AvgIpc) is 3.17. The van der Waals surface area contributed by atoms with Crippen LogP contribution in [-0.4, -0.2) is 35.3 Å². The maximum atomic E-state index is 5.57. The summed E-state index contributed by atoms with van der Waals surface area (Å²) < 4.78 is 5.17. The highest BCUT2D eigenvalue weighted by molar-refractivity contribution is 7.80. The predicted molar refractivity (Wildman–Crippen MR) is 93.0 cm³/mol. The smallest absolute Gasteiger partial charge is 0.170 e. The number of hydrogen-bond acceptors (Lipinski definition) is 4. The third-order valence-electron chi connectivity index (χ3n) is 3.78. The van der Waals surface area contributed by atoms with Crippen molar-refractivity contribution >= 4 is 28.7 Å². The van der Waals surface area contributed by atoms with Crippen LogP contribution >= 0.6 is 23.6 Å². The van der Waals surface area contributed by atoms with Crippen LogP contribution in [0.15, 0.2) is 41.9 Å². The second-order valence-corrected chi connectivity index (χ2v) is 6.55. The van der Waals surface area contributed by atoms with E-state index in [2.05, 4.69) is 38.8 Å². The minimum atomic E-state index is 0.0925. The van der Waals surface area contributed by atoms with Gasteiger partial charge >= 0.3 is 0 Å². The maximum Gasteiger partial charge on any atom is 0.170 e. The van der Waals surface area contributed by atoms with Crippen LogP contribution in [-0.2, 0) is 4.74 Å². The molecule has 0 radical (unpaired) electrons. The molecule has 0 unspecified atom stereocenters. The third kappa shape index (κ3) is 3.14. The zero-order valence-electron chi connectivity index (χ0n) is 12.4. The number of thiophene rings is 1. The Bertz CT molecular complexity index is 603. The predicted octanol–water partition coefficient (Wildman–Crippen LogP) is 3.15. The molecule has 2 atom stereocenters. The summed E-state index contributed by atoms with van der Waals surface area (Å²) >= 11 is 7.33. The molecule has 0 saturated carbocycles. The lowest BCUT2D eigenvalue weighted by molar-refractivity contribution is 0.181. The Balaban J connectivity index is 1.88. The van der Waals surface area contributed by atoms with Crippen molar-refractivity contribution in [2.45, 2.75) is 18.5 Å². The summed E-state index contributed by atoms with van der Waals surface area (Å²) in [4.78, 5) is 8.09. The number of nitrogens with zero attached hydrogens (tertiary/aromatic N) is 2. The molecule has 1 aliphatic heterocycles. The Hall–Kier alpha value is -1.50. The third-order valence-corrected chi connectivity index (χ3v) is 5.08. The molecule has 1 N–H and O–H groups in total. The summed E-state index contributed by atoms with van der Waals surface area (Å²) in [6.45, 7) is 1.62. The molecule has 0 bridgehead atoms. The van der Waals surface area contributed by atoms with E-state index in [9.17, 15) is 0 Å². The van der Waals surface area contributed by atoms with Gasteiger partial charge in [-0.2, -0.15) is 0 Å². The van der Waals surface area contributed by atoms with Gasteiger partial charge < -0.3 is 15.0 Å². The quantitative estimate of drug-likeness (QED) is 0.649. The van der Waals surface area contributed by atoms with Crippen LogP contribution in [0.2, 0.25) is 0 Å². The minimum Gasteiger partial charge on any atom is -0.385 e. The highest BCUT2D eigenvalue weighted by Gasteiger charge is 2.39. The average molecular weight is 333 g/mol. The molecule has 4 nitrogen and oxygen atoms in total. The van der Waals surface area contributed by atoms with Crippen molar-refractivity contribution in [3.63, 3.8) is 0 Å². The van der Waals surface area contributed by atoms with Crippen LogP contribution in [0.1, 0.15) is 29.1 Å². The molecule has 0 aromatic carbocycles. The number of ether oxygens (including phenoxy) is 1. The summed E-state index contributed by atoms with van der Waals surface area (Å²) in [5.74, 6) is 0. The van der Waals surface area contributed by atoms with Crippen molar-refractivity contribution in [2.75, 3.05) is 20.3 Å². The topological polar surface area (TPSA) is 37.4 Å². The Morgan fingerprint density at radius 2 is 2.27 bits per heavy atom. The molecule has 3 heterocycles. The van der Waals surface area contributed by atoms with Gasteiger partial charge in [-0.05, 0) is 42.2 Å². The number of pyridine rings is 1. The number of rotatable bonds is 6. The molecular formula is C16H19N3OS2. The van der Waals surface area contributed by atoms with Crippen molar-refractivity contribution in [1.82, 2.24) is 15.2 Å². The summed E-state index contributed by atoms with van der Waals surface area (Å²) in [7, 11) is 1.73. The van der Waals surface area contributed by atoms with E-state index in [1.54, 1.807) is 18.4 Å². The Labute approximate surface area is 140 Å². The standard InChI is InChI=1S/C16H19N3OS2/c1-20-10-5-9-19-15(13-7-4-11-22-13)14(18-16(19)21)12-6-2-3-8-17-12/h2-4,6-8,11,14-15H,5,9-10H2,1H3,(H,18,21)/t14-,15+/m1/s1. The lowest BCUT2D eigenvalue weighted by Crippen LogP contribution is -2.30. The van der Waals surface area contributed by atoms with Crippen molar-refractivity contribution < 1.29 is 4.74 Å². The normalized spacial score (nSPS) is 21.1. The fraction of sp³-hybridized carbons (Fsp3) is 0.375. The van der Waals surface area contributed by atoms with Gasteiger partial charge in [0.25, 0.3) is 0 Å². The van der Waals surface area contributed by atoms with Crippen LogP contribution in [0.3, 0.4) is 0 Å². The molecule has 0 aliphatic carbocycles. The van der Waals surface area contributed by atoms with Crippen LogP contribution in [0, 0.1) is 0 Å². The Morgan fingerprint density at radius 3 is 2.95 bits per heavy atom. The van der Waals surface area contributed by atoms with E-state index in [1.807, 2.05) is 18.3 Å². The summed E-state index contributed by atoms with van der Waals surface area (Å²) in [5, 5.41) is 6.35. The molecule has 0 spiro atoms. The monoisotopic (exact) mass is 333 g/mol. The molecule has 22 heavy (non-hydrogen) atoms. The van der Waals surface area contributed by atoms with Gasteiger partial charge in [0.2, 0.25) is 0 Å². The number of aromatic nitrogens is 1. The summed E-state index contributed by atoms with van der Waals surface area (Å²) in [6.07, 6.45) is 2.79. The highest BCUT2D eigenvalue weighted by atomic mass is 32.1. The zero-order valence-corrected chi connectivity index (χ0v) is 14.1. The summed E-state index contributed by atoms with van der Waals surface area (Å²) in [6, 6.07) is 10.6. The molecule has 2 aromatic rings. The van der Waals surface area contributed by atoms with Crippen LogP contribution in [0.25, 0.3) is 0 Å². The van der Waals surface area contributed by atoms with Crippen LogP contribution in [0.5, 0.6) is 0 Å². The van der Waals surface area contributed by atoms with E-state index in [1.165, 1.54) is 4.88 Å². The van der Waals surface area contributed by atoms with Gasteiger partial charge in [0.1, 0.15) is 0 Å². The molecule has 1 aliphatic rings. The second-order valence-electron chi connectivity index (χ2n) is 5.18. The van der Waals surface area contributed by atoms with Gasteiger partial charge in [0, 0.05) is 31.3 Å². The van der Waals surface area contributed by atoms with Gasteiger partial charge in [-0.1, -0.05) is 12.1 Å². The first-order chi connectivity index (χ1) is 10.8. The lowest BCUT2D eigenvalue weighted by atomic mass is 10.0. The van der Waals surface area contributed by atoms with E-state index >= 15 is 0 Å². The number of hydrogen-bond donors (Lipinski definition) is 1. The van der Waals surface area contributed by atoms with Crippen molar-refractivity contribution in [2.24, 2.45) is 0 Å². The highest BCUT2D eigenvalue weighted by Crippen LogP contribution is 2.40. The molecule has 2 aromatic heterocycles. The SMILES string of the molecule is COCCCN1C(=S)N[C@H](c2ccccn2)[C@@H]1c1cccs1. The van der Waals surface area contributed by atoms with E-state index < -0.39 is 0 Å². The van der Waals surface area contributed by atoms with E-state index in [-0.39, 0.29) is 12.1 Å². The molecular weight excluding hydrogens is 314 g/mol. The van der Waals surface area contributed by atoms with E-state index in [0.717, 1.165) is 30.4 Å². The lowest BCUT2D eigenvalue weighted by Gasteiger charge is -2.26. The van der Waals surface area contributed by atoms with Crippen molar-refractivity contribution in [3.8, 4) is 0 Å². The van der Waals surface area contributed by atoms with Crippen LogP contribution in [0.4, 0.5) is 0 Å². The molecule has 1 saturated heterocycles. The Kier molecular flexibility index (Phi) is 5.02. The fourth-order valence-electron chi connectivity index (χ4n) is 2.79. The van der Waals surface area contributed by atoms with E-state index in [0.29, 0.717) is 0 Å². The van der Waals surface area contributed by atoms with Gasteiger partial charge in [0.05, 0.1) is 17.8 Å². The number of methoxy groups -OCH3 is 1. The number of thiocarbonyl (C=S) groups is 1. The largest absolute Gasteiger partial charge is 0.385 e. The summed E-state index contributed by atoms with van der Waals surface area (Å²) in [5.41, 5.74) is 1.03. The van der Waals surface area contributed by atoms with Gasteiger partial charge in [-0.3, -0.25) is 4.98 Å².